The van der Waals surface area contributed by atoms with E-state index in [1.165, 1.54) is 0 Å². The first-order valence-electron chi connectivity index (χ1n) is 19.4. The summed E-state index contributed by atoms with van der Waals surface area (Å²) >= 11 is 0. The van der Waals surface area contributed by atoms with Crippen molar-refractivity contribution in [2.24, 2.45) is 0 Å². The van der Waals surface area contributed by atoms with Crippen LogP contribution in [0.25, 0.3) is 109 Å². The van der Waals surface area contributed by atoms with Gasteiger partial charge in [0.2, 0.25) is 28.7 Å². The molecule has 10 aromatic carbocycles. The van der Waals surface area contributed by atoms with Crippen LogP contribution in [0.4, 0.5) is 0 Å². The van der Waals surface area contributed by atoms with Crippen LogP contribution in [-0.2, 0) is 0 Å². The van der Waals surface area contributed by atoms with Crippen LogP contribution in [0.5, 0.6) is 74.7 Å². The van der Waals surface area contributed by atoms with E-state index in [9.17, 15) is 66.4 Å². The normalized spacial score (nSPS) is 11.9. The lowest BCUT2D eigenvalue weighted by atomic mass is 9.81. The molecule has 0 atom stereocenters. The van der Waals surface area contributed by atoms with Gasteiger partial charge in [-0.05, 0) is 61.6 Å². The zero-order valence-electron chi connectivity index (χ0n) is 32.5. The van der Waals surface area contributed by atoms with Gasteiger partial charge in [0.05, 0.1) is 16.5 Å². The van der Waals surface area contributed by atoms with E-state index < -0.39 is 107 Å². The Morgan fingerprint density at radius 3 is 1.27 bits per heavy atom. The van der Waals surface area contributed by atoms with Crippen molar-refractivity contribution < 1.29 is 70.8 Å². The average molecular weight is 855 g/mol. The number of rotatable bonds is 3. The standard InChI is InChI=1S/C50H30O14/c51-38-31(33-32(34-35(38)43(56)47(60)46(59)41(34)54)39(52)36(42(55)40(33)53)37-44(57)48(61)50(63)49(62)45(37)58)30-22-12-5-3-10-20(22)28(21-11-4-6-13-23(21)30)24-14-7-15-26-29(24)25-16-18-8-1-2-9-19(18)17-27(25)64-26/h1-17,51-63H. The van der Waals surface area contributed by atoms with Gasteiger partial charge in [0.15, 0.2) is 34.5 Å². The minimum atomic E-state index is -1.41. The molecule has 11 rings (SSSR count). The molecule has 0 radical (unpaired) electrons. The van der Waals surface area contributed by atoms with Crippen molar-refractivity contribution in [2.45, 2.75) is 0 Å². The quantitative estimate of drug-likeness (QED) is 0.0341. The Morgan fingerprint density at radius 1 is 0.250 bits per heavy atom. The molecule has 0 saturated heterocycles. The summed E-state index contributed by atoms with van der Waals surface area (Å²) in [4.78, 5) is 0. The highest BCUT2D eigenvalue weighted by Gasteiger charge is 2.36. The lowest BCUT2D eigenvalue weighted by Crippen LogP contribution is -1.96. The molecule has 1 heterocycles. The highest BCUT2D eigenvalue weighted by molar-refractivity contribution is 6.33. The maximum Gasteiger partial charge on any atom is 0.208 e. The number of phenolic OH excluding ortho intramolecular Hbond substituents is 13. The number of benzene rings is 10. The molecular weight excluding hydrogens is 825 g/mol. The predicted molar refractivity (Wildman–Crippen MR) is 239 cm³/mol. The Bertz CT molecular complexity index is 3860. The zero-order valence-corrected chi connectivity index (χ0v) is 32.5. The summed E-state index contributed by atoms with van der Waals surface area (Å²) < 4.78 is 6.43. The molecule has 0 aliphatic heterocycles. The molecule has 0 amide bonds. The molecule has 0 saturated carbocycles. The minimum Gasteiger partial charge on any atom is -0.506 e. The fraction of sp³-hybridized carbons (Fsp3) is 0. The monoisotopic (exact) mass is 854 g/mol. The van der Waals surface area contributed by atoms with Gasteiger partial charge in [0.1, 0.15) is 22.7 Å². The van der Waals surface area contributed by atoms with E-state index in [1.807, 2.05) is 60.7 Å². The molecule has 0 aliphatic rings. The molecule has 0 unspecified atom stereocenters. The third-order valence-electron chi connectivity index (χ3n) is 12.2. The summed E-state index contributed by atoms with van der Waals surface area (Å²) in [5.74, 6) is -16.7. The number of hydrogen-bond acceptors (Lipinski definition) is 14. The SMILES string of the molecule is Oc1c(O)c(O)c(-c2c(O)c(O)c3c(-c4c5ccccc5c(-c5cccc6oc7cc8ccccc8cc7c56)c5ccccc45)c(O)c4c(O)c(O)c(O)c(O)c4c3c2O)c(O)c1O. The number of hydrogen-bond donors (Lipinski definition) is 13. The van der Waals surface area contributed by atoms with E-state index in [1.54, 1.807) is 36.4 Å². The predicted octanol–water partition coefficient (Wildman–Crippen LogP) is 10.5. The van der Waals surface area contributed by atoms with Crippen molar-refractivity contribution >= 4 is 75.8 Å². The summed E-state index contributed by atoms with van der Waals surface area (Å²) in [5, 5.41) is 149. The summed E-state index contributed by atoms with van der Waals surface area (Å²) in [5.41, 5.74) is 0.285. The van der Waals surface area contributed by atoms with Crippen LogP contribution in [-0.4, -0.2) is 66.4 Å². The first kappa shape index (κ1) is 37.7. The van der Waals surface area contributed by atoms with Crippen LogP contribution in [0.15, 0.2) is 108 Å². The van der Waals surface area contributed by atoms with Crippen molar-refractivity contribution in [3.63, 3.8) is 0 Å². The lowest BCUT2D eigenvalue weighted by molar-refractivity contribution is 0.329. The van der Waals surface area contributed by atoms with Gasteiger partial charge in [0, 0.05) is 38.1 Å². The van der Waals surface area contributed by atoms with E-state index in [-0.39, 0.29) is 11.1 Å². The fourth-order valence-corrected chi connectivity index (χ4v) is 9.42. The molecule has 64 heavy (non-hydrogen) atoms. The van der Waals surface area contributed by atoms with Gasteiger partial charge in [-0.2, -0.15) is 0 Å². The number of aromatic hydroxyl groups is 13. The topological polar surface area (TPSA) is 276 Å². The zero-order chi connectivity index (χ0) is 44.8. The molecule has 0 aliphatic carbocycles. The van der Waals surface area contributed by atoms with Gasteiger partial charge in [-0.1, -0.05) is 84.9 Å². The van der Waals surface area contributed by atoms with E-state index in [4.69, 9.17) is 4.42 Å². The van der Waals surface area contributed by atoms with Gasteiger partial charge in [-0.25, -0.2) is 0 Å². The van der Waals surface area contributed by atoms with Crippen LogP contribution in [0.1, 0.15) is 0 Å². The minimum absolute atomic E-state index is 0.133. The van der Waals surface area contributed by atoms with Crippen LogP contribution in [0, 0.1) is 0 Å². The average Bonchev–Trinajstić information content (AvgIpc) is 3.67. The number of furan rings is 1. The Labute approximate surface area is 356 Å². The van der Waals surface area contributed by atoms with E-state index in [2.05, 4.69) is 6.07 Å². The Kier molecular flexibility index (Phi) is 7.57. The second-order valence-corrected chi connectivity index (χ2v) is 15.5. The summed E-state index contributed by atoms with van der Waals surface area (Å²) in [6.45, 7) is 0. The largest absolute Gasteiger partial charge is 0.506 e. The van der Waals surface area contributed by atoms with Crippen molar-refractivity contribution in [2.75, 3.05) is 0 Å². The maximum atomic E-state index is 12.5. The smallest absolute Gasteiger partial charge is 0.208 e. The number of phenols is 13. The van der Waals surface area contributed by atoms with Crippen LogP contribution in [0.2, 0.25) is 0 Å². The van der Waals surface area contributed by atoms with Crippen LogP contribution in [0.3, 0.4) is 0 Å². The number of fused-ring (bicyclic) bond motifs is 9. The second-order valence-electron chi connectivity index (χ2n) is 15.5. The van der Waals surface area contributed by atoms with Crippen LogP contribution < -0.4 is 0 Å². The Balaban J connectivity index is 1.35. The highest BCUT2D eigenvalue weighted by Crippen LogP contribution is 2.66. The van der Waals surface area contributed by atoms with Crippen molar-refractivity contribution in [3.8, 4) is 108 Å². The maximum absolute atomic E-state index is 12.5. The second kappa shape index (κ2) is 12.9. The van der Waals surface area contributed by atoms with Gasteiger partial charge in [0.25, 0.3) is 0 Å². The molecule has 1 aromatic heterocycles. The summed E-state index contributed by atoms with van der Waals surface area (Å²) in [7, 11) is 0. The first-order valence-corrected chi connectivity index (χ1v) is 19.4. The molecule has 0 bridgehead atoms. The van der Waals surface area contributed by atoms with Crippen molar-refractivity contribution in [3.05, 3.63) is 103 Å². The summed E-state index contributed by atoms with van der Waals surface area (Å²) in [6, 6.07) is 31.7. The van der Waals surface area contributed by atoms with E-state index in [0.717, 1.165) is 32.7 Å². The van der Waals surface area contributed by atoms with Crippen molar-refractivity contribution in [1.29, 1.82) is 0 Å². The van der Waals surface area contributed by atoms with E-state index >= 15 is 0 Å². The molecule has 0 fully saturated rings. The fourth-order valence-electron chi connectivity index (χ4n) is 9.42. The van der Waals surface area contributed by atoms with Crippen LogP contribution >= 0.6 is 0 Å². The molecule has 14 heteroatoms. The van der Waals surface area contributed by atoms with Gasteiger partial charge in [-0.3, -0.25) is 0 Å². The molecule has 11 aromatic rings. The molecule has 0 spiro atoms. The van der Waals surface area contributed by atoms with Gasteiger partial charge < -0.3 is 70.8 Å². The third-order valence-corrected chi connectivity index (χ3v) is 12.2. The van der Waals surface area contributed by atoms with E-state index in [0.29, 0.717) is 32.7 Å². The molecule has 13 N–H and O–H groups in total. The molecule has 14 nitrogen and oxygen atoms in total. The Hall–Kier alpha value is -9.30. The summed E-state index contributed by atoms with van der Waals surface area (Å²) in [6.07, 6.45) is 0. The first-order chi connectivity index (χ1) is 30.7. The van der Waals surface area contributed by atoms with Gasteiger partial charge in [-0.15, -0.1) is 0 Å². The van der Waals surface area contributed by atoms with Gasteiger partial charge >= 0.3 is 0 Å². The van der Waals surface area contributed by atoms with Crippen molar-refractivity contribution in [1.82, 2.24) is 0 Å². The molecular formula is C50H30O14. The Morgan fingerprint density at radius 2 is 0.672 bits per heavy atom. The molecule has 314 valence electrons. The lowest BCUT2D eigenvalue weighted by Gasteiger charge is -2.24. The third kappa shape index (κ3) is 4.67. The highest BCUT2D eigenvalue weighted by atomic mass is 16.4.